The van der Waals surface area contributed by atoms with Gasteiger partial charge < -0.3 is 20.3 Å². The molecule has 0 bridgehead atoms. The molecule has 2 heterocycles. The van der Waals surface area contributed by atoms with Gasteiger partial charge in [-0.25, -0.2) is 4.98 Å². The average Bonchev–Trinajstić information content (AvgIpc) is 3.21. The molecule has 2 aromatic heterocycles. The van der Waals surface area contributed by atoms with E-state index in [0.29, 0.717) is 31.2 Å². The van der Waals surface area contributed by atoms with Crippen molar-refractivity contribution >= 4 is 34.9 Å². The van der Waals surface area contributed by atoms with Crippen LogP contribution < -0.4 is 15.4 Å². The van der Waals surface area contributed by atoms with Crippen LogP contribution in [0.25, 0.3) is 0 Å². The minimum atomic E-state index is -0.200. The molecule has 0 fully saturated rings. The van der Waals surface area contributed by atoms with Crippen molar-refractivity contribution in [1.82, 2.24) is 24.6 Å². The van der Waals surface area contributed by atoms with Crippen molar-refractivity contribution in [2.24, 2.45) is 0 Å². The van der Waals surface area contributed by atoms with Gasteiger partial charge in [0.1, 0.15) is 29.9 Å². The molecule has 0 atom stereocenters. The lowest BCUT2D eigenvalue weighted by Crippen LogP contribution is -2.33. The third-order valence-electron chi connectivity index (χ3n) is 4.62. The van der Waals surface area contributed by atoms with Gasteiger partial charge in [-0.3, -0.25) is 19.3 Å². The number of hydrogen-bond acceptors (Lipinski definition) is 7. The van der Waals surface area contributed by atoms with E-state index in [4.69, 9.17) is 16.3 Å². The molecule has 0 aliphatic heterocycles. The molecule has 33 heavy (non-hydrogen) atoms. The molecule has 174 valence electrons. The predicted octanol–water partition coefficient (Wildman–Crippen LogP) is 2.61. The topological polar surface area (TPSA) is 114 Å². The lowest BCUT2D eigenvalue weighted by Gasteiger charge is -2.17. The lowest BCUT2D eigenvalue weighted by atomic mass is 10.2. The summed E-state index contributed by atoms with van der Waals surface area (Å²) in [4.78, 5) is 34.1. The molecular formula is C22H26ClN7O3. The predicted molar refractivity (Wildman–Crippen MR) is 125 cm³/mol. The van der Waals surface area contributed by atoms with Gasteiger partial charge in [-0.2, -0.15) is 5.10 Å². The number of halogens is 1. The molecule has 0 spiro atoms. The fraction of sp³-hybridized carbons (Fsp3) is 0.318. The van der Waals surface area contributed by atoms with E-state index in [2.05, 4.69) is 25.7 Å². The maximum atomic E-state index is 12.4. The largest absolute Gasteiger partial charge is 0.492 e. The average molecular weight is 472 g/mol. The second-order valence-electron chi connectivity index (χ2n) is 7.36. The minimum absolute atomic E-state index is 0.0614. The van der Waals surface area contributed by atoms with E-state index in [0.717, 1.165) is 11.3 Å². The number of hydrogen-bond donors (Lipinski definition) is 2. The number of carbonyl (C=O) groups excluding carboxylic acids is 2. The highest BCUT2D eigenvalue weighted by atomic mass is 35.5. The van der Waals surface area contributed by atoms with Crippen LogP contribution in [0.15, 0.2) is 49.1 Å². The molecule has 0 aliphatic rings. The number of ether oxygens (including phenoxy) is 1. The monoisotopic (exact) mass is 471 g/mol. The second kappa shape index (κ2) is 11.8. The van der Waals surface area contributed by atoms with Gasteiger partial charge in [0.2, 0.25) is 11.8 Å². The van der Waals surface area contributed by atoms with Gasteiger partial charge >= 0.3 is 0 Å². The van der Waals surface area contributed by atoms with E-state index in [1.165, 1.54) is 23.3 Å². The number of likely N-dealkylation sites (N-methyl/N-ethyl adjacent to an activating group) is 1. The van der Waals surface area contributed by atoms with Crippen molar-refractivity contribution < 1.29 is 14.3 Å². The molecule has 2 amide bonds. The van der Waals surface area contributed by atoms with Crippen LogP contribution >= 0.6 is 11.6 Å². The summed E-state index contributed by atoms with van der Waals surface area (Å²) in [5.41, 5.74) is 1.68. The number of aromatic nitrogens is 4. The summed E-state index contributed by atoms with van der Waals surface area (Å²) < 4.78 is 7.14. The first-order valence-electron chi connectivity index (χ1n) is 10.4. The van der Waals surface area contributed by atoms with Crippen molar-refractivity contribution in [3.8, 4) is 5.75 Å². The van der Waals surface area contributed by atoms with Gasteiger partial charge in [0.15, 0.2) is 0 Å². The van der Waals surface area contributed by atoms with Gasteiger partial charge in [0, 0.05) is 26.2 Å². The Labute approximate surface area is 196 Å². The fourth-order valence-electron chi connectivity index (χ4n) is 2.79. The molecule has 10 nitrogen and oxygen atoms in total. The number of amides is 2. The Kier molecular flexibility index (Phi) is 8.59. The van der Waals surface area contributed by atoms with Gasteiger partial charge in [-0.15, -0.1) is 0 Å². The number of carbonyl (C=O) groups is 2. The number of nitrogens with zero attached hydrogens (tertiary/aromatic N) is 5. The van der Waals surface area contributed by atoms with Gasteiger partial charge in [-0.1, -0.05) is 29.3 Å². The van der Waals surface area contributed by atoms with Crippen molar-refractivity contribution in [3.05, 3.63) is 59.8 Å². The first-order valence-corrected chi connectivity index (χ1v) is 10.7. The van der Waals surface area contributed by atoms with E-state index in [9.17, 15) is 9.59 Å². The normalized spacial score (nSPS) is 10.5. The highest BCUT2D eigenvalue weighted by Crippen LogP contribution is 2.11. The summed E-state index contributed by atoms with van der Waals surface area (Å²) in [6, 6.07) is 7.75. The smallest absolute Gasteiger partial charge is 0.244 e. The van der Waals surface area contributed by atoms with Crippen LogP contribution in [0.5, 0.6) is 5.75 Å². The Balaban J connectivity index is 1.36. The Morgan fingerprint density at radius 1 is 1.18 bits per heavy atom. The van der Waals surface area contributed by atoms with E-state index in [-0.39, 0.29) is 29.9 Å². The van der Waals surface area contributed by atoms with Crippen molar-refractivity contribution in [2.45, 2.75) is 19.9 Å². The highest BCUT2D eigenvalue weighted by Gasteiger charge is 2.12. The van der Waals surface area contributed by atoms with Gasteiger partial charge in [0.25, 0.3) is 0 Å². The number of aryl methyl sites for hydroxylation is 1. The summed E-state index contributed by atoms with van der Waals surface area (Å²) in [7, 11) is 1.71. The van der Waals surface area contributed by atoms with E-state index in [1.54, 1.807) is 18.1 Å². The van der Waals surface area contributed by atoms with E-state index < -0.39 is 0 Å². The molecule has 11 heteroatoms. The zero-order chi connectivity index (χ0) is 23.6. The molecule has 0 saturated carbocycles. The molecule has 3 rings (SSSR count). The minimum Gasteiger partial charge on any atom is -0.492 e. The molecule has 0 saturated heterocycles. The number of benzene rings is 1. The summed E-state index contributed by atoms with van der Waals surface area (Å²) >= 11 is 5.77. The summed E-state index contributed by atoms with van der Waals surface area (Å²) in [6.07, 6.45) is 6.28. The van der Waals surface area contributed by atoms with Crippen LogP contribution in [0.1, 0.15) is 12.0 Å². The Morgan fingerprint density at radius 2 is 1.97 bits per heavy atom. The zero-order valence-electron chi connectivity index (χ0n) is 18.5. The van der Waals surface area contributed by atoms with Crippen LogP contribution in [0.4, 0.5) is 11.5 Å². The molecule has 0 aliphatic carbocycles. The van der Waals surface area contributed by atoms with Crippen LogP contribution in [0, 0.1) is 6.92 Å². The second-order valence-corrected chi connectivity index (χ2v) is 7.74. The molecular weight excluding hydrogens is 446 g/mol. The molecule has 0 radical (unpaired) electrons. The highest BCUT2D eigenvalue weighted by molar-refractivity contribution is 6.29. The molecule has 0 unspecified atom stereocenters. The molecule has 1 aromatic carbocycles. The number of anilines is 2. The Hall–Kier alpha value is -3.66. The van der Waals surface area contributed by atoms with Crippen molar-refractivity contribution in [3.63, 3.8) is 0 Å². The Bertz CT molecular complexity index is 1070. The molecule has 3 aromatic rings. The Morgan fingerprint density at radius 3 is 2.73 bits per heavy atom. The van der Waals surface area contributed by atoms with E-state index >= 15 is 0 Å². The zero-order valence-corrected chi connectivity index (χ0v) is 19.2. The quantitative estimate of drug-likeness (QED) is 0.441. The van der Waals surface area contributed by atoms with E-state index in [1.807, 2.05) is 31.2 Å². The fourth-order valence-corrected chi connectivity index (χ4v) is 2.94. The summed E-state index contributed by atoms with van der Waals surface area (Å²) in [5, 5.41) is 10.1. The van der Waals surface area contributed by atoms with Crippen molar-refractivity contribution in [2.75, 3.05) is 37.4 Å². The summed E-state index contributed by atoms with van der Waals surface area (Å²) in [6.45, 7) is 3.27. The van der Waals surface area contributed by atoms with Crippen LogP contribution in [-0.4, -0.2) is 63.2 Å². The first-order chi connectivity index (χ1) is 15.9. The maximum absolute atomic E-state index is 12.4. The van der Waals surface area contributed by atoms with Gasteiger partial charge in [-0.05, 0) is 19.1 Å². The maximum Gasteiger partial charge on any atom is 0.244 e. The number of rotatable bonds is 11. The van der Waals surface area contributed by atoms with Crippen molar-refractivity contribution in [1.29, 1.82) is 0 Å². The third kappa shape index (κ3) is 8.08. The summed E-state index contributed by atoms with van der Waals surface area (Å²) in [5.74, 6) is 0.948. The lowest BCUT2D eigenvalue weighted by molar-refractivity contribution is -0.131. The first kappa shape index (κ1) is 24.0. The van der Waals surface area contributed by atoms with Crippen LogP contribution in [-0.2, 0) is 16.1 Å². The van der Waals surface area contributed by atoms with Crippen LogP contribution in [0.2, 0.25) is 5.15 Å². The standard InChI is InChI=1S/C22H26ClN7O3/c1-16-3-5-18(6-4-16)33-10-9-29(2)22(32)15-30-14-17(11-26-30)27-21(31)7-8-25-20-13-24-12-19(23)28-20/h3-6,11-14H,7-10,15H2,1-2H3,(H,25,28)(H,27,31). The number of nitrogens with one attached hydrogen (secondary N) is 2. The molecule has 2 N–H and O–H groups in total. The third-order valence-corrected chi connectivity index (χ3v) is 4.80. The van der Waals surface area contributed by atoms with Gasteiger partial charge in [0.05, 0.1) is 30.8 Å². The van der Waals surface area contributed by atoms with Crippen LogP contribution in [0.3, 0.4) is 0 Å². The SMILES string of the molecule is Cc1ccc(OCCN(C)C(=O)Cn2cc(NC(=O)CCNc3cncc(Cl)n3)cn2)cc1.